The number of thiophene rings is 1. The Balaban J connectivity index is 1.31. The molecule has 0 saturated carbocycles. The van der Waals surface area contributed by atoms with Crippen LogP contribution in [0.4, 0.5) is 0 Å². The molecule has 3 aromatic rings. The van der Waals surface area contributed by atoms with E-state index in [0.29, 0.717) is 36.4 Å². The van der Waals surface area contributed by atoms with Gasteiger partial charge in [-0.2, -0.15) is 0 Å². The summed E-state index contributed by atoms with van der Waals surface area (Å²) in [4.78, 5) is 41.1. The van der Waals surface area contributed by atoms with E-state index in [0.717, 1.165) is 5.39 Å². The van der Waals surface area contributed by atoms with E-state index in [-0.39, 0.29) is 23.1 Å². The Morgan fingerprint density at radius 3 is 2.40 bits per heavy atom. The molecule has 1 fully saturated rings. The minimum Gasteiger partial charge on any atom is -0.506 e. The van der Waals surface area contributed by atoms with Gasteiger partial charge in [0, 0.05) is 31.6 Å². The molecule has 2 heterocycles. The van der Waals surface area contributed by atoms with E-state index in [1.807, 2.05) is 23.6 Å². The zero-order valence-electron chi connectivity index (χ0n) is 16.1. The topological polar surface area (TPSA) is 87.2 Å². The largest absolute Gasteiger partial charge is 0.506 e. The number of amides is 2. The smallest absolute Gasteiger partial charge is 0.342 e. The Morgan fingerprint density at radius 1 is 0.933 bits per heavy atom. The van der Waals surface area contributed by atoms with Crippen LogP contribution in [0.1, 0.15) is 20.0 Å². The second kappa shape index (κ2) is 8.54. The van der Waals surface area contributed by atoms with Gasteiger partial charge >= 0.3 is 5.97 Å². The highest BCUT2D eigenvalue weighted by Gasteiger charge is 2.26. The molecule has 8 heteroatoms. The number of fused-ring (bicyclic) bond motifs is 1. The summed E-state index contributed by atoms with van der Waals surface area (Å²) in [6, 6.07) is 14.0. The summed E-state index contributed by atoms with van der Waals surface area (Å²) in [6.45, 7) is 1.22. The maximum absolute atomic E-state index is 12.4. The van der Waals surface area contributed by atoms with Crippen molar-refractivity contribution in [1.29, 1.82) is 0 Å². The molecule has 2 amide bonds. The third-order valence-corrected chi connectivity index (χ3v) is 5.96. The molecule has 1 aliphatic heterocycles. The minimum absolute atomic E-state index is 0.0212. The van der Waals surface area contributed by atoms with Crippen LogP contribution in [0, 0.1) is 0 Å². The van der Waals surface area contributed by atoms with Crippen molar-refractivity contribution in [1.82, 2.24) is 9.80 Å². The third kappa shape index (κ3) is 3.99. The molecule has 0 spiro atoms. The van der Waals surface area contributed by atoms with Crippen molar-refractivity contribution < 1.29 is 24.2 Å². The van der Waals surface area contributed by atoms with Crippen LogP contribution >= 0.6 is 11.3 Å². The van der Waals surface area contributed by atoms with Crippen molar-refractivity contribution >= 4 is 39.9 Å². The van der Waals surface area contributed by atoms with Crippen molar-refractivity contribution in [3.8, 4) is 5.75 Å². The molecule has 1 N–H and O–H groups in total. The maximum Gasteiger partial charge on any atom is 0.342 e. The summed E-state index contributed by atoms with van der Waals surface area (Å²) in [5.74, 6) is -1.27. The van der Waals surface area contributed by atoms with Gasteiger partial charge in [-0.25, -0.2) is 4.79 Å². The maximum atomic E-state index is 12.4. The van der Waals surface area contributed by atoms with E-state index in [4.69, 9.17) is 4.74 Å². The van der Waals surface area contributed by atoms with Crippen LogP contribution in [0.3, 0.4) is 0 Å². The number of esters is 1. The monoisotopic (exact) mass is 424 g/mol. The van der Waals surface area contributed by atoms with Gasteiger partial charge < -0.3 is 19.6 Å². The number of carbonyl (C=O) groups is 3. The molecule has 1 saturated heterocycles. The van der Waals surface area contributed by atoms with Crippen LogP contribution in [0.5, 0.6) is 5.75 Å². The highest BCUT2D eigenvalue weighted by atomic mass is 32.1. The molecule has 7 nitrogen and oxygen atoms in total. The van der Waals surface area contributed by atoms with Crippen molar-refractivity contribution in [2.45, 2.75) is 0 Å². The summed E-state index contributed by atoms with van der Waals surface area (Å²) in [7, 11) is 0. The number of ether oxygens (including phenoxy) is 1. The molecule has 4 rings (SSSR count). The fourth-order valence-electron chi connectivity index (χ4n) is 3.43. The first kappa shape index (κ1) is 19.9. The van der Waals surface area contributed by atoms with E-state index >= 15 is 0 Å². The van der Waals surface area contributed by atoms with Gasteiger partial charge in [0.2, 0.25) is 0 Å². The van der Waals surface area contributed by atoms with Crippen LogP contribution < -0.4 is 0 Å². The van der Waals surface area contributed by atoms with E-state index in [1.165, 1.54) is 17.4 Å². The number of nitrogens with zero attached hydrogens (tertiary/aromatic N) is 2. The minimum atomic E-state index is -0.752. The van der Waals surface area contributed by atoms with Crippen molar-refractivity contribution in [2.24, 2.45) is 0 Å². The highest BCUT2D eigenvalue weighted by molar-refractivity contribution is 7.12. The van der Waals surface area contributed by atoms with Gasteiger partial charge in [-0.3, -0.25) is 9.59 Å². The molecule has 1 aliphatic rings. The Bertz CT molecular complexity index is 1090. The number of phenols is 1. The number of aromatic hydroxyl groups is 1. The van der Waals surface area contributed by atoms with E-state index < -0.39 is 12.6 Å². The third-order valence-electron chi connectivity index (χ3n) is 5.10. The summed E-state index contributed by atoms with van der Waals surface area (Å²) in [6.07, 6.45) is 0. The number of carbonyl (C=O) groups excluding carboxylic acids is 3. The predicted octanol–water partition coefficient (Wildman–Crippen LogP) is 2.75. The molecule has 0 bridgehead atoms. The molecule has 1 aromatic heterocycles. The van der Waals surface area contributed by atoms with Crippen molar-refractivity contribution in [3.05, 3.63) is 64.4 Å². The number of piperazine rings is 1. The fourth-order valence-corrected chi connectivity index (χ4v) is 4.12. The van der Waals surface area contributed by atoms with E-state index in [1.54, 1.807) is 34.1 Å². The van der Waals surface area contributed by atoms with Crippen LogP contribution in [0.15, 0.2) is 53.9 Å². The summed E-state index contributed by atoms with van der Waals surface area (Å²) < 4.78 is 5.14. The van der Waals surface area contributed by atoms with Gasteiger partial charge in [-0.05, 0) is 22.9 Å². The molecule has 0 aliphatic carbocycles. The molecule has 0 radical (unpaired) electrons. The molecular weight excluding hydrogens is 404 g/mol. The Morgan fingerprint density at radius 2 is 1.67 bits per heavy atom. The lowest BCUT2D eigenvalue weighted by Gasteiger charge is -2.34. The second-order valence-corrected chi connectivity index (χ2v) is 7.86. The Kier molecular flexibility index (Phi) is 5.67. The molecule has 154 valence electrons. The van der Waals surface area contributed by atoms with E-state index in [2.05, 4.69) is 0 Å². The molecule has 0 atom stereocenters. The van der Waals surface area contributed by atoms with Gasteiger partial charge in [0.15, 0.2) is 6.61 Å². The van der Waals surface area contributed by atoms with Crippen molar-refractivity contribution in [2.75, 3.05) is 32.8 Å². The van der Waals surface area contributed by atoms with Gasteiger partial charge in [-0.15, -0.1) is 11.3 Å². The highest BCUT2D eigenvalue weighted by Crippen LogP contribution is 2.29. The first-order valence-electron chi connectivity index (χ1n) is 9.53. The number of hydrogen-bond acceptors (Lipinski definition) is 6. The molecule has 2 aromatic carbocycles. The van der Waals surface area contributed by atoms with Gasteiger partial charge in [0.1, 0.15) is 11.3 Å². The average molecular weight is 424 g/mol. The second-order valence-electron chi connectivity index (χ2n) is 6.91. The summed E-state index contributed by atoms with van der Waals surface area (Å²) in [5, 5.41) is 13.6. The SMILES string of the molecule is O=C(OCC(=O)N1CCN(C(=O)c2cccs2)CC1)c1ccc2ccccc2c1O. The Labute approximate surface area is 177 Å². The number of rotatable bonds is 4. The zero-order valence-corrected chi connectivity index (χ0v) is 16.9. The summed E-state index contributed by atoms with van der Waals surface area (Å²) >= 11 is 1.39. The molecular formula is C22H20N2O5S. The standard InChI is InChI=1S/C22H20N2O5S/c25-19(23-9-11-24(12-10-23)21(27)18-6-3-13-30-18)14-29-22(28)17-8-7-15-4-1-2-5-16(15)20(17)26/h1-8,13,26H,9-12,14H2. The van der Waals surface area contributed by atoms with Crippen LogP contribution in [0.2, 0.25) is 0 Å². The van der Waals surface area contributed by atoms with Gasteiger partial charge in [0.25, 0.3) is 11.8 Å². The van der Waals surface area contributed by atoms with Gasteiger partial charge in [0.05, 0.1) is 4.88 Å². The lowest BCUT2D eigenvalue weighted by molar-refractivity contribution is -0.136. The number of hydrogen-bond donors (Lipinski definition) is 1. The molecule has 0 unspecified atom stereocenters. The van der Waals surface area contributed by atoms with Crippen LogP contribution in [-0.4, -0.2) is 65.5 Å². The lowest BCUT2D eigenvalue weighted by atomic mass is 10.1. The number of benzene rings is 2. The van der Waals surface area contributed by atoms with Crippen LogP contribution in [0.25, 0.3) is 10.8 Å². The molecule has 30 heavy (non-hydrogen) atoms. The first-order chi connectivity index (χ1) is 14.5. The fraction of sp³-hybridized carbons (Fsp3) is 0.227. The lowest BCUT2D eigenvalue weighted by Crippen LogP contribution is -2.51. The van der Waals surface area contributed by atoms with Crippen LogP contribution in [-0.2, 0) is 9.53 Å². The zero-order chi connectivity index (χ0) is 21.1. The average Bonchev–Trinajstić information content (AvgIpc) is 3.32. The predicted molar refractivity (Wildman–Crippen MR) is 113 cm³/mol. The first-order valence-corrected chi connectivity index (χ1v) is 10.4. The van der Waals surface area contributed by atoms with Crippen molar-refractivity contribution in [3.63, 3.8) is 0 Å². The number of phenolic OH excluding ortho intramolecular Hbond substituents is 1. The normalized spacial score (nSPS) is 14.0. The quantitative estimate of drug-likeness (QED) is 0.651. The Hall–Kier alpha value is -3.39. The van der Waals surface area contributed by atoms with E-state index in [9.17, 15) is 19.5 Å². The summed E-state index contributed by atoms with van der Waals surface area (Å²) in [5.41, 5.74) is 0.0212. The van der Waals surface area contributed by atoms with Gasteiger partial charge in [-0.1, -0.05) is 36.4 Å².